The second-order valence-electron chi connectivity index (χ2n) is 7.04. The van der Waals surface area contributed by atoms with E-state index in [0.29, 0.717) is 0 Å². The summed E-state index contributed by atoms with van der Waals surface area (Å²) in [5.41, 5.74) is 2.23. The molecule has 0 bridgehead atoms. The van der Waals surface area contributed by atoms with Gasteiger partial charge >= 0.3 is 0 Å². The van der Waals surface area contributed by atoms with Crippen molar-refractivity contribution in [3.8, 4) is 0 Å². The minimum atomic E-state index is -0.484. The third kappa shape index (κ3) is 13.8. The van der Waals surface area contributed by atoms with Crippen molar-refractivity contribution in [2.24, 2.45) is 5.92 Å². The predicted octanol–water partition coefficient (Wildman–Crippen LogP) is 6.22. The number of allylic oxidation sites excluding steroid dienone is 4. The number of aliphatic hydroxyl groups is 1. The van der Waals surface area contributed by atoms with Crippen LogP contribution in [0.4, 0.5) is 5.69 Å². The lowest BCUT2D eigenvalue weighted by molar-refractivity contribution is 0.224. The molecular weight excluding hydrogens is 332 g/mol. The van der Waals surface area contributed by atoms with Crippen molar-refractivity contribution in [3.63, 3.8) is 0 Å². The van der Waals surface area contributed by atoms with Crippen molar-refractivity contribution < 1.29 is 5.11 Å². The first kappa shape index (κ1) is 25.0. The van der Waals surface area contributed by atoms with Crippen LogP contribution >= 0.6 is 0 Å². The van der Waals surface area contributed by atoms with Crippen LogP contribution in [0.1, 0.15) is 53.9 Å². The van der Waals surface area contributed by atoms with Gasteiger partial charge in [-0.25, -0.2) is 0 Å². The summed E-state index contributed by atoms with van der Waals surface area (Å²) in [6, 6.07) is 9.60. The number of nitrogens with one attached hydrogen (secondary N) is 1. The first-order chi connectivity index (χ1) is 12.9. The highest BCUT2D eigenvalue weighted by Gasteiger charge is 2.05. The minimum absolute atomic E-state index is 0.484. The maximum absolute atomic E-state index is 8.89. The van der Waals surface area contributed by atoms with E-state index in [2.05, 4.69) is 62.7 Å². The number of aliphatic hydroxyl groups excluding tert-OH is 1. The van der Waals surface area contributed by atoms with Gasteiger partial charge in [0, 0.05) is 24.5 Å². The van der Waals surface area contributed by atoms with Gasteiger partial charge in [-0.1, -0.05) is 57.7 Å². The van der Waals surface area contributed by atoms with Gasteiger partial charge in [0.2, 0.25) is 0 Å². The van der Waals surface area contributed by atoms with Gasteiger partial charge in [0.15, 0.2) is 0 Å². The lowest BCUT2D eigenvalue weighted by Crippen LogP contribution is -2.24. The minimum Gasteiger partial charge on any atom is -0.374 e. The fourth-order valence-electron chi connectivity index (χ4n) is 2.66. The molecule has 0 saturated carbocycles. The highest BCUT2D eigenvalue weighted by atomic mass is 16.3. The number of nitrogens with zero attached hydrogens (tertiary/aromatic N) is 1. The zero-order chi connectivity index (χ0) is 20.5. The number of hydrogen-bond acceptors (Lipinski definition) is 3. The number of para-hydroxylation sites is 1. The molecule has 0 radical (unpaired) electrons. The van der Waals surface area contributed by atoms with Crippen LogP contribution in [0.15, 0.2) is 66.9 Å². The van der Waals surface area contributed by atoms with E-state index in [1.54, 1.807) is 6.92 Å². The molecule has 0 spiro atoms. The number of anilines is 1. The second kappa shape index (κ2) is 16.2. The summed E-state index contributed by atoms with van der Waals surface area (Å²) in [6.45, 7) is 16.6. The normalized spacial score (nSPS) is 12.5. The fraction of sp³-hybridized carbons (Fsp3) is 0.500. The Kier molecular flexibility index (Phi) is 15.0. The lowest BCUT2D eigenvalue weighted by Gasteiger charge is -2.25. The molecule has 1 rings (SSSR count). The highest BCUT2D eigenvalue weighted by molar-refractivity contribution is 5.42. The van der Waals surface area contributed by atoms with Crippen molar-refractivity contribution >= 4 is 5.69 Å². The largest absolute Gasteiger partial charge is 0.374 e. The predicted molar refractivity (Wildman–Crippen MR) is 121 cm³/mol. The van der Waals surface area contributed by atoms with Crippen LogP contribution < -0.4 is 5.32 Å². The van der Waals surface area contributed by atoms with Crippen LogP contribution in [0.2, 0.25) is 0 Å². The van der Waals surface area contributed by atoms with Crippen molar-refractivity contribution in [1.29, 1.82) is 0 Å². The van der Waals surface area contributed by atoms with Gasteiger partial charge in [-0.3, -0.25) is 0 Å². The Morgan fingerprint density at radius 2 is 1.85 bits per heavy atom. The molecule has 0 aliphatic carbocycles. The van der Waals surface area contributed by atoms with Crippen molar-refractivity contribution in [1.82, 2.24) is 4.90 Å². The standard InChI is InChI=1S/C16H29N.C8H11NO/c1-6-10-16(11-7-2)17(13-8-3)14-9-12-15(4)5;1-7(10)9-8-5-3-2-4-6-8/h6-7,10-11,15H,1,8-9,12-14H2,2-5H3;2-7,9-10H,1H3/b11-7-,16-10+;. The molecular formula is C24H40N2O. The quantitative estimate of drug-likeness (QED) is 0.358. The van der Waals surface area contributed by atoms with Crippen LogP contribution in [0.25, 0.3) is 0 Å². The SMILES string of the molecule is C=C/C=C(\C=C/C)N(CCC)CCCC(C)C.CC(O)Nc1ccccc1. The molecule has 1 aromatic carbocycles. The van der Waals surface area contributed by atoms with Crippen LogP contribution in [-0.2, 0) is 0 Å². The molecule has 152 valence electrons. The molecule has 0 aliphatic rings. The van der Waals surface area contributed by atoms with Crippen LogP contribution in [-0.4, -0.2) is 29.3 Å². The highest BCUT2D eigenvalue weighted by Crippen LogP contribution is 2.12. The lowest BCUT2D eigenvalue weighted by atomic mass is 10.1. The summed E-state index contributed by atoms with van der Waals surface area (Å²) in [5, 5.41) is 11.8. The van der Waals surface area contributed by atoms with Gasteiger partial charge in [0.05, 0.1) is 0 Å². The van der Waals surface area contributed by atoms with Crippen LogP contribution in [0, 0.1) is 5.92 Å². The van der Waals surface area contributed by atoms with Crippen LogP contribution in [0.3, 0.4) is 0 Å². The molecule has 3 nitrogen and oxygen atoms in total. The first-order valence-corrected chi connectivity index (χ1v) is 10.1. The molecule has 0 aromatic heterocycles. The zero-order valence-electron chi connectivity index (χ0n) is 18.0. The van der Waals surface area contributed by atoms with E-state index in [-0.39, 0.29) is 0 Å². The average Bonchev–Trinajstić information content (AvgIpc) is 2.61. The summed E-state index contributed by atoms with van der Waals surface area (Å²) in [6.07, 6.45) is 11.5. The summed E-state index contributed by atoms with van der Waals surface area (Å²) in [7, 11) is 0. The van der Waals surface area contributed by atoms with Crippen molar-refractivity contribution in [3.05, 3.63) is 66.9 Å². The van der Waals surface area contributed by atoms with E-state index in [0.717, 1.165) is 24.7 Å². The number of hydrogen-bond donors (Lipinski definition) is 2. The maximum atomic E-state index is 8.89. The molecule has 0 aliphatic heterocycles. The third-order valence-corrected chi connectivity index (χ3v) is 3.84. The second-order valence-corrected chi connectivity index (χ2v) is 7.04. The van der Waals surface area contributed by atoms with E-state index in [9.17, 15) is 0 Å². The average molecular weight is 373 g/mol. The molecule has 1 unspecified atom stereocenters. The van der Waals surface area contributed by atoms with E-state index in [4.69, 9.17) is 5.11 Å². The molecule has 3 heteroatoms. The summed E-state index contributed by atoms with van der Waals surface area (Å²) < 4.78 is 0. The van der Waals surface area contributed by atoms with E-state index < -0.39 is 6.23 Å². The summed E-state index contributed by atoms with van der Waals surface area (Å²) in [5.74, 6) is 0.798. The van der Waals surface area contributed by atoms with Gasteiger partial charge in [-0.15, -0.1) is 0 Å². The Labute approximate surface area is 167 Å². The molecule has 1 aromatic rings. The zero-order valence-corrected chi connectivity index (χ0v) is 18.0. The Hall–Kier alpha value is -2.00. The third-order valence-electron chi connectivity index (χ3n) is 3.84. The van der Waals surface area contributed by atoms with Crippen molar-refractivity contribution in [2.45, 2.75) is 60.1 Å². The number of benzene rings is 1. The molecule has 1 atom stereocenters. The monoisotopic (exact) mass is 372 g/mol. The van der Waals surface area contributed by atoms with Gasteiger partial charge in [0.1, 0.15) is 6.23 Å². The summed E-state index contributed by atoms with van der Waals surface area (Å²) >= 11 is 0. The van der Waals surface area contributed by atoms with E-state index >= 15 is 0 Å². The van der Waals surface area contributed by atoms with Gasteiger partial charge in [-0.2, -0.15) is 0 Å². The van der Waals surface area contributed by atoms with Gasteiger partial charge in [-0.05, 0) is 63.3 Å². The Morgan fingerprint density at radius 3 is 2.33 bits per heavy atom. The smallest absolute Gasteiger partial charge is 0.121 e. The molecule has 27 heavy (non-hydrogen) atoms. The van der Waals surface area contributed by atoms with E-state index in [1.807, 2.05) is 36.4 Å². The van der Waals surface area contributed by atoms with E-state index in [1.165, 1.54) is 25.0 Å². The van der Waals surface area contributed by atoms with Gasteiger partial charge < -0.3 is 15.3 Å². The molecule has 0 saturated heterocycles. The van der Waals surface area contributed by atoms with Gasteiger partial charge in [0.25, 0.3) is 0 Å². The van der Waals surface area contributed by atoms with Crippen molar-refractivity contribution in [2.75, 3.05) is 18.4 Å². The molecule has 0 heterocycles. The maximum Gasteiger partial charge on any atom is 0.121 e. The fourth-order valence-corrected chi connectivity index (χ4v) is 2.66. The number of rotatable bonds is 11. The summed E-state index contributed by atoms with van der Waals surface area (Å²) in [4.78, 5) is 2.46. The molecule has 0 amide bonds. The Morgan fingerprint density at radius 1 is 1.19 bits per heavy atom. The molecule has 2 N–H and O–H groups in total. The van der Waals surface area contributed by atoms with Crippen LogP contribution in [0.5, 0.6) is 0 Å². The molecule has 0 fully saturated rings. The topological polar surface area (TPSA) is 35.5 Å². The first-order valence-electron chi connectivity index (χ1n) is 10.1. The Balaban J connectivity index is 0.000000569. The Bertz CT molecular complexity index is 533.